The molecule has 0 fully saturated rings. The van der Waals surface area contributed by atoms with E-state index in [9.17, 15) is 4.79 Å². The van der Waals surface area contributed by atoms with Crippen LogP contribution in [0.3, 0.4) is 0 Å². The van der Waals surface area contributed by atoms with E-state index in [2.05, 4.69) is 9.97 Å². The first-order valence-electron chi connectivity index (χ1n) is 9.59. The Hall–Kier alpha value is -3.52. The van der Waals surface area contributed by atoms with Gasteiger partial charge in [-0.05, 0) is 42.2 Å². The Morgan fingerprint density at radius 2 is 1.74 bits per heavy atom. The summed E-state index contributed by atoms with van der Waals surface area (Å²) >= 11 is 1.48. The van der Waals surface area contributed by atoms with Gasteiger partial charge in [-0.2, -0.15) is 0 Å². The van der Waals surface area contributed by atoms with Gasteiger partial charge < -0.3 is 18.6 Å². The van der Waals surface area contributed by atoms with Crippen molar-refractivity contribution in [2.45, 2.75) is 11.7 Å². The minimum Gasteiger partial charge on any atom is -0.493 e. The molecule has 0 aliphatic carbocycles. The first-order chi connectivity index (χ1) is 15.1. The second-order valence-electron chi connectivity index (χ2n) is 6.76. The van der Waals surface area contributed by atoms with Gasteiger partial charge in [-0.1, -0.05) is 17.8 Å². The van der Waals surface area contributed by atoms with E-state index in [1.165, 1.54) is 11.8 Å². The van der Waals surface area contributed by atoms with Gasteiger partial charge >= 0.3 is 0 Å². The number of methoxy groups -OCH3 is 2. The highest BCUT2D eigenvalue weighted by molar-refractivity contribution is 7.98. The Labute approximate surface area is 184 Å². The Bertz CT molecular complexity index is 1250. The molecule has 0 atom stereocenters. The summed E-state index contributed by atoms with van der Waals surface area (Å²) in [5.41, 5.74) is 2.43. The molecule has 31 heavy (non-hydrogen) atoms. The van der Waals surface area contributed by atoms with E-state index in [4.69, 9.17) is 9.47 Å². The van der Waals surface area contributed by atoms with E-state index in [-0.39, 0.29) is 5.56 Å². The van der Waals surface area contributed by atoms with Crippen LogP contribution in [0.25, 0.3) is 17.1 Å². The Morgan fingerprint density at radius 3 is 2.45 bits per heavy atom. The predicted molar refractivity (Wildman–Crippen MR) is 121 cm³/mol. The van der Waals surface area contributed by atoms with Gasteiger partial charge in [-0.3, -0.25) is 4.79 Å². The minimum absolute atomic E-state index is 0.0942. The monoisotopic (exact) mass is 434 g/mol. The number of aromatic nitrogens is 4. The Balaban J connectivity index is 1.72. The van der Waals surface area contributed by atoms with Gasteiger partial charge in [0.25, 0.3) is 5.56 Å². The van der Waals surface area contributed by atoms with E-state index in [1.807, 2.05) is 65.8 Å². The zero-order valence-electron chi connectivity index (χ0n) is 17.5. The number of thioether (sulfide) groups is 1. The number of hydrogen-bond donors (Lipinski definition) is 0. The highest BCUT2D eigenvalue weighted by Crippen LogP contribution is 2.28. The van der Waals surface area contributed by atoms with Gasteiger partial charge in [0.15, 0.2) is 16.7 Å². The summed E-state index contributed by atoms with van der Waals surface area (Å²) in [5, 5.41) is 0.666. The molecule has 3 heterocycles. The lowest BCUT2D eigenvalue weighted by atomic mass is 10.1. The van der Waals surface area contributed by atoms with Crippen LogP contribution in [0.15, 0.2) is 77.1 Å². The Morgan fingerprint density at radius 1 is 0.968 bits per heavy atom. The summed E-state index contributed by atoms with van der Waals surface area (Å²) in [4.78, 5) is 21.8. The van der Waals surface area contributed by atoms with Gasteiger partial charge in [0.1, 0.15) is 5.82 Å². The molecule has 0 spiro atoms. The highest BCUT2D eigenvalue weighted by atomic mass is 32.2. The molecule has 8 heteroatoms. The number of benzene rings is 1. The van der Waals surface area contributed by atoms with Crippen molar-refractivity contribution in [1.82, 2.24) is 19.1 Å². The smallest absolute Gasteiger partial charge is 0.250 e. The molecule has 0 saturated heterocycles. The molecule has 0 unspecified atom stereocenters. The van der Waals surface area contributed by atoms with Gasteiger partial charge in [0, 0.05) is 36.3 Å². The SMILES string of the molecule is COc1ccc(Cn2cc(-c3cc(-n4cccc4)nc(SC)n3)ccc2=O)cc1OC. The lowest BCUT2D eigenvalue weighted by Crippen LogP contribution is -2.19. The van der Waals surface area contributed by atoms with E-state index < -0.39 is 0 Å². The fourth-order valence-electron chi connectivity index (χ4n) is 3.25. The topological polar surface area (TPSA) is 71.2 Å². The molecule has 4 rings (SSSR count). The molecule has 1 aromatic carbocycles. The summed E-state index contributed by atoms with van der Waals surface area (Å²) in [7, 11) is 3.19. The minimum atomic E-state index is -0.0942. The fraction of sp³-hybridized carbons (Fsp3) is 0.174. The molecule has 0 aliphatic rings. The maximum Gasteiger partial charge on any atom is 0.250 e. The third-order valence-corrected chi connectivity index (χ3v) is 5.37. The summed E-state index contributed by atoms with van der Waals surface area (Å²) < 4.78 is 14.3. The molecule has 0 aliphatic heterocycles. The summed E-state index contributed by atoms with van der Waals surface area (Å²) in [6.07, 6.45) is 7.64. The van der Waals surface area contributed by atoms with Crippen LogP contribution in [-0.2, 0) is 6.54 Å². The summed E-state index contributed by atoms with van der Waals surface area (Å²) in [5.74, 6) is 2.05. The van der Waals surface area contributed by atoms with Gasteiger partial charge in [-0.25, -0.2) is 9.97 Å². The molecule has 0 amide bonds. The van der Waals surface area contributed by atoms with Crippen molar-refractivity contribution in [2.75, 3.05) is 20.5 Å². The number of ether oxygens (including phenoxy) is 2. The quantitative estimate of drug-likeness (QED) is 0.325. The van der Waals surface area contributed by atoms with E-state index >= 15 is 0 Å². The molecular formula is C23H22N4O3S. The lowest BCUT2D eigenvalue weighted by molar-refractivity contribution is 0.354. The van der Waals surface area contributed by atoms with Crippen LogP contribution in [0.4, 0.5) is 0 Å². The first kappa shape index (κ1) is 20.7. The standard InChI is InChI=1S/C23H22N4O3S/c1-29-19-8-6-16(12-20(19)30-2)14-27-15-17(7-9-22(27)28)18-13-21(25-23(24-18)31-3)26-10-4-5-11-26/h4-13,15H,14H2,1-3H3. The van der Waals surface area contributed by atoms with Gasteiger partial charge in [-0.15, -0.1) is 0 Å². The molecule has 0 radical (unpaired) electrons. The maximum atomic E-state index is 12.5. The fourth-order valence-corrected chi connectivity index (χ4v) is 3.63. The van der Waals surface area contributed by atoms with E-state index in [1.54, 1.807) is 30.9 Å². The second-order valence-corrected chi connectivity index (χ2v) is 7.54. The van der Waals surface area contributed by atoms with Crippen LogP contribution in [0.2, 0.25) is 0 Å². The summed E-state index contributed by atoms with van der Waals surface area (Å²) in [6.45, 7) is 0.401. The molecule has 0 bridgehead atoms. The molecular weight excluding hydrogens is 412 g/mol. The zero-order chi connectivity index (χ0) is 21.8. The molecule has 7 nitrogen and oxygen atoms in total. The van der Waals surface area contributed by atoms with Crippen LogP contribution in [-0.4, -0.2) is 39.6 Å². The van der Waals surface area contributed by atoms with Crippen LogP contribution < -0.4 is 15.0 Å². The number of pyridine rings is 1. The second kappa shape index (κ2) is 9.09. The zero-order valence-corrected chi connectivity index (χ0v) is 18.3. The molecule has 4 aromatic rings. The van der Waals surface area contributed by atoms with Crippen molar-refractivity contribution in [3.63, 3.8) is 0 Å². The van der Waals surface area contributed by atoms with Crippen LogP contribution >= 0.6 is 11.8 Å². The van der Waals surface area contributed by atoms with Gasteiger partial charge in [0.2, 0.25) is 0 Å². The van der Waals surface area contributed by atoms with E-state index in [0.717, 1.165) is 22.6 Å². The largest absolute Gasteiger partial charge is 0.493 e. The molecule has 0 saturated carbocycles. The van der Waals surface area contributed by atoms with Crippen molar-refractivity contribution in [2.24, 2.45) is 0 Å². The van der Waals surface area contributed by atoms with Crippen molar-refractivity contribution < 1.29 is 9.47 Å². The highest BCUT2D eigenvalue weighted by Gasteiger charge is 2.10. The molecule has 3 aromatic heterocycles. The van der Waals surface area contributed by atoms with Crippen molar-refractivity contribution in [1.29, 1.82) is 0 Å². The number of hydrogen-bond acceptors (Lipinski definition) is 6. The number of rotatable bonds is 7. The normalized spacial score (nSPS) is 10.8. The van der Waals surface area contributed by atoms with Gasteiger partial charge in [0.05, 0.1) is 26.5 Å². The average molecular weight is 435 g/mol. The number of nitrogens with zero attached hydrogens (tertiary/aromatic N) is 4. The average Bonchev–Trinajstić information content (AvgIpc) is 3.35. The predicted octanol–water partition coefficient (Wildman–Crippen LogP) is 3.88. The molecule has 158 valence electrons. The summed E-state index contributed by atoms with van der Waals surface area (Å²) in [6, 6.07) is 14.8. The third kappa shape index (κ3) is 4.49. The van der Waals surface area contributed by atoms with Crippen molar-refractivity contribution in [3.8, 4) is 28.6 Å². The Kier molecular flexibility index (Phi) is 6.08. The van der Waals surface area contributed by atoms with Crippen LogP contribution in [0, 0.1) is 0 Å². The first-order valence-corrected chi connectivity index (χ1v) is 10.8. The van der Waals surface area contributed by atoms with Crippen molar-refractivity contribution >= 4 is 11.8 Å². The lowest BCUT2D eigenvalue weighted by Gasteiger charge is -2.12. The van der Waals surface area contributed by atoms with Crippen LogP contribution in [0.5, 0.6) is 11.5 Å². The van der Waals surface area contributed by atoms with Crippen LogP contribution in [0.1, 0.15) is 5.56 Å². The third-order valence-electron chi connectivity index (χ3n) is 4.82. The maximum absolute atomic E-state index is 12.5. The van der Waals surface area contributed by atoms with E-state index in [0.29, 0.717) is 23.2 Å². The van der Waals surface area contributed by atoms with Crippen molar-refractivity contribution in [3.05, 3.63) is 83.0 Å². The molecule has 0 N–H and O–H groups in total.